The third kappa shape index (κ3) is 2.76. The van der Waals surface area contributed by atoms with Crippen LogP contribution in [0.25, 0.3) is 5.78 Å². The summed E-state index contributed by atoms with van der Waals surface area (Å²) in [5.41, 5.74) is 1.58. The van der Waals surface area contributed by atoms with E-state index >= 15 is 0 Å². The lowest BCUT2D eigenvalue weighted by Gasteiger charge is -2.09. The Morgan fingerprint density at radius 1 is 1.27 bits per heavy atom. The zero-order chi connectivity index (χ0) is 15.7. The third-order valence-corrected chi connectivity index (χ3v) is 4.05. The first kappa shape index (κ1) is 14.4. The molecule has 0 radical (unpaired) electrons. The maximum Gasteiger partial charge on any atom is 0.254 e. The minimum absolute atomic E-state index is 0.0629. The summed E-state index contributed by atoms with van der Waals surface area (Å²) in [6.07, 6.45) is 2.19. The minimum atomic E-state index is -3.69. The van der Waals surface area contributed by atoms with Gasteiger partial charge in [-0.3, -0.25) is 0 Å². The van der Waals surface area contributed by atoms with Gasteiger partial charge < -0.3 is 5.32 Å². The van der Waals surface area contributed by atoms with E-state index in [-0.39, 0.29) is 4.90 Å². The van der Waals surface area contributed by atoms with Crippen LogP contribution < -0.4 is 10.5 Å². The zero-order valence-electron chi connectivity index (χ0n) is 11.8. The Morgan fingerprint density at radius 2 is 2.00 bits per heavy atom. The summed E-state index contributed by atoms with van der Waals surface area (Å²) in [5, 5.41) is 12.4. The fourth-order valence-corrected chi connectivity index (χ4v) is 2.52. The zero-order valence-corrected chi connectivity index (χ0v) is 12.6. The molecular weight excluding hydrogens is 304 g/mol. The lowest BCUT2D eigenvalue weighted by atomic mass is 10.3. The second kappa shape index (κ2) is 5.35. The van der Waals surface area contributed by atoms with Crippen molar-refractivity contribution in [2.45, 2.75) is 18.2 Å². The fraction of sp³-hybridized carbons (Fsp3) is 0.154. The first-order valence-corrected chi connectivity index (χ1v) is 8.11. The average Bonchev–Trinajstić information content (AvgIpc) is 2.95. The Morgan fingerprint density at radius 3 is 2.64 bits per heavy atom. The molecule has 0 fully saturated rings. The summed E-state index contributed by atoms with van der Waals surface area (Å²) in [5.74, 6) is 1.20. The van der Waals surface area contributed by atoms with Crippen molar-refractivity contribution in [3.63, 3.8) is 0 Å². The SMILES string of the molecule is CCc1cc(Nc2ccc(S(N)(=O)=O)cc2)n2ncnc2n1. The van der Waals surface area contributed by atoms with E-state index in [2.05, 4.69) is 20.4 Å². The van der Waals surface area contributed by atoms with Crippen molar-refractivity contribution in [1.82, 2.24) is 19.6 Å². The Kier molecular flexibility index (Phi) is 3.51. The molecule has 0 saturated carbocycles. The number of hydrogen-bond acceptors (Lipinski definition) is 6. The van der Waals surface area contributed by atoms with E-state index in [0.29, 0.717) is 17.3 Å². The Bertz CT molecular complexity index is 917. The quantitative estimate of drug-likeness (QED) is 0.743. The fourth-order valence-electron chi connectivity index (χ4n) is 2.01. The molecule has 0 saturated heterocycles. The van der Waals surface area contributed by atoms with Crippen LogP contribution in [0.5, 0.6) is 0 Å². The molecule has 114 valence electrons. The summed E-state index contributed by atoms with van der Waals surface area (Å²) in [4.78, 5) is 8.50. The van der Waals surface area contributed by atoms with Crippen LogP contribution in [-0.4, -0.2) is 28.0 Å². The molecule has 2 aromatic heterocycles. The predicted molar refractivity (Wildman–Crippen MR) is 81.3 cm³/mol. The Labute approximate surface area is 127 Å². The number of primary sulfonamides is 1. The van der Waals surface area contributed by atoms with Crippen molar-refractivity contribution in [3.05, 3.63) is 42.4 Å². The number of rotatable bonds is 4. The van der Waals surface area contributed by atoms with E-state index in [1.54, 1.807) is 16.6 Å². The molecule has 3 rings (SSSR count). The molecule has 0 aliphatic heterocycles. The van der Waals surface area contributed by atoms with Gasteiger partial charge in [0.05, 0.1) is 4.90 Å². The number of aryl methyl sites for hydroxylation is 1. The normalized spacial score (nSPS) is 11.7. The largest absolute Gasteiger partial charge is 0.340 e. The Balaban J connectivity index is 1.97. The number of hydrogen-bond donors (Lipinski definition) is 2. The van der Waals surface area contributed by atoms with Crippen molar-refractivity contribution < 1.29 is 8.42 Å². The average molecular weight is 318 g/mol. The molecule has 9 heteroatoms. The minimum Gasteiger partial charge on any atom is -0.340 e. The first-order chi connectivity index (χ1) is 10.5. The van der Waals surface area contributed by atoms with E-state index in [1.807, 2.05) is 13.0 Å². The standard InChI is InChI=1S/C13H14N6O2S/c1-2-9-7-12(19-13(18-9)15-8-16-19)17-10-3-5-11(6-4-10)22(14,20)21/h3-8,17H,2H2,1H3,(H2,14,20,21). The summed E-state index contributed by atoms with van der Waals surface area (Å²) in [6, 6.07) is 8.02. The van der Waals surface area contributed by atoms with Gasteiger partial charge in [0.2, 0.25) is 10.0 Å². The highest BCUT2D eigenvalue weighted by atomic mass is 32.2. The highest BCUT2D eigenvalue weighted by molar-refractivity contribution is 7.89. The lowest BCUT2D eigenvalue weighted by molar-refractivity contribution is 0.598. The smallest absolute Gasteiger partial charge is 0.254 e. The van der Waals surface area contributed by atoms with Gasteiger partial charge in [0.25, 0.3) is 5.78 Å². The monoisotopic (exact) mass is 318 g/mol. The molecule has 2 heterocycles. The van der Waals surface area contributed by atoms with E-state index in [9.17, 15) is 8.42 Å². The van der Waals surface area contributed by atoms with Crippen LogP contribution in [0.4, 0.5) is 11.5 Å². The topological polar surface area (TPSA) is 115 Å². The summed E-state index contributed by atoms with van der Waals surface area (Å²) in [6.45, 7) is 2.00. The molecule has 0 aliphatic rings. The van der Waals surface area contributed by atoms with Crippen LogP contribution in [0.15, 0.2) is 41.6 Å². The molecule has 0 spiro atoms. The van der Waals surface area contributed by atoms with Gasteiger partial charge in [0.1, 0.15) is 12.1 Å². The van der Waals surface area contributed by atoms with Crippen molar-refractivity contribution >= 4 is 27.3 Å². The van der Waals surface area contributed by atoms with Crippen LogP contribution in [0.2, 0.25) is 0 Å². The molecule has 3 aromatic rings. The van der Waals surface area contributed by atoms with E-state index in [0.717, 1.165) is 12.1 Å². The molecule has 0 amide bonds. The van der Waals surface area contributed by atoms with Gasteiger partial charge in [-0.1, -0.05) is 6.92 Å². The van der Waals surface area contributed by atoms with Gasteiger partial charge in [0.15, 0.2) is 0 Å². The highest BCUT2D eigenvalue weighted by Gasteiger charge is 2.09. The summed E-state index contributed by atoms with van der Waals surface area (Å²) >= 11 is 0. The molecule has 0 aliphatic carbocycles. The molecule has 0 bridgehead atoms. The number of aromatic nitrogens is 4. The van der Waals surface area contributed by atoms with Crippen LogP contribution in [0.1, 0.15) is 12.6 Å². The highest BCUT2D eigenvalue weighted by Crippen LogP contribution is 2.19. The Hall–Kier alpha value is -2.52. The first-order valence-electron chi connectivity index (χ1n) is 6.57. The van der Waals surface area contributed by atoms with Gasteiger partial charge in [-0.2, -0.15) is 14.6 Å². The molecule has 0 unspecified atom stereocenters. The number of nitrogens with one attached hydrogen (secondary N) is 1. The van der Waals surface area contributed by atoms with E-state index in [1.165, 1.54) is 18.5 Å². The number of nitrogens with two attached hydrogens (primary N) is 1. The molecule has 8 nitrogen and oxygen atoms in total. The maximum atomic E-state index is 11.3. The van der Waals surface area contributed by atoms with E-state index in [4.69, 9.17) is 5.14 Å². The van der Waals surface area contributed by atoms with Crippen LogP contribution in [-0.2, 0) is 16.4 Å². The predicted octanol–water partition coefficient (Wildman–Crippen LogP) is 1.08. The van der Waals surface area contributed by atoms with E-state index < -0.39 is 10.0 Å². The van der Waals surface area contributed by atoms with Gasteiger partial charge in [-0.25, -0.2) is 18.5 Å². The molecule has 1 aromatic carbocycles. The van der Waals surface area contributed by atoms with Crippen LogP contribution >= 0.6 is 0 Å². The number of sulfonamides is 1. The number of fused-ring (bicyclic) bond motifs is 1. The second-order valence-corrected chi connectivity index (χ2v) is 6.21. The third-order valence-electron chi connectivity index (χ3n) is 3.12. The molecular formula is C13H14N6O2S. The molecule has 0 atom stereocenters. The van der Waals surface area contributed by atoms with Crippen LogP contribution in [0.3, 0.4) is 0 Å². The second-order valence-electron chi connectivity index (χ2n) is 4.65. The number of benzene rings is 1. The molecule has 22 heavy (non-hydrogen) atoms. The van der Waals surface area contributed by atoms with Gasteiger partial charge in [-0.05, 0) is 30.7 Å². The number of anilines is 2. The molecule has 3 N–H and O–H groups in total. The lowest BCUT2D eigenvalue weighted by Crippen LogP contribution is -2.12. The van der Waals surface area contributed by atoms with Crippen molar-refractivity contribution in [3.8, 4) is 0 Å². The van der Waals surface area contributed by atoms with Gasteiger partial charge in [-0.15, -0.1) is 0 Å². The summed E-state index contributed by atoms with van der Waals surface area (Å²) in [7, 11) is -3.69. The van der Waals surface area contributed by atoms with Crippen molar-refractivity contribution in [1.29, 1.82) is 0 Å². The van der Waals surface area contributed by atoms with Gasteiger partial charge >= 0.3 is 0 Å². The van der Waals surface area contributed by atoms with Gasteiger partial charge in [0, 0.05) is 17.4 Å². The maximum absolute atomic E-state index is 11.3. The van der Waals surface area contributed by atoms with Crippen LogP contribution in [0, 0.1) is 0 Å². The number of nitrogens with zero attached hydrogens (tertiary/aromatic N) is 4. The summed E-state index contributed by atoms with van der Waals surface area (Å²) < 4.78 is 24.1. The van der Waals surface area contributed by atoms with Crippen molar-refractivity contribution in [2.24, 2.45) is 5.14 Å². The van der Waals surface area contributed by atoms with Crippen molar-refractivity contribution in [2.75, 3.05) is 5.32 Å².